The number of urea groups is 1. The summed E-state index contributed by atoms with van der Waals surface area (Å²) < 4.78 is 5.18. The molecule has 0 heterocycles. The van der Waals surface area contributed by atoms with Crippen LogP contribution in [0.4, 0.5) is 15.3 Å². The molecular weight excluding hydrogens is 492 g/mol. The van der Waals surface area contributed by atoms with Crippen molar-refractivity contribution in [3.05, 3.63) is 90.5 Å². The van der Waals surface area contributed by atoms with E-state index in [1.165, 1.54) is 0 Å². The molecule has 0 aliphatic carbocycles. The van der Waals surface area contributed by atoms with Crippen LogP contribution in [-0.2, 0) is 16.0 Å². The highest BCUT2D eigenvalue weighted by atomic mass is 16.6. The van der Waals surface area contributed by atoms with Crippen molar-refractivity contribution in [1.29, 1.82) is 0 Å². The number of nitrogens with one attached hydrogen (secondary N) is 4. The maximum Gasteiger partial charge on any atom is 0.407 e. The third kappa shape index (κ3) is 11.3. The summed E-state index contributed by atoms with van der Waals surface area (Å²) in [5.74, 6) is -0.155. The Morgan fingerprint density at radius 1 is 0.769 bits per heavy atom. The first-order valence-electron chi connectivity index (χ1n) is 13.2. The molecule has 0 radical (unpaired) electrons. The van der Waals surface area contributed by atoms with Crippen LogP contribution in [0, 0.1) is 0 Å². The van der Waals surface area contributed by atoms with E-state index >= 15 is 0 Å². The Balaban J connectivity index is 1.49. The molecule has 0 aromatic heterocycles. The van der Waals surface area contributed by atoms with Gasteiger partial charge in [0.2, 0.25) is 5.91 Å². The lowest BCUT2D eigenvalue weighted by atomic mass is 10.0. The average molecular weight is 531 g/mol. The highest BCUT2D eigenvalue weighted by Gasteiger charge is 2.17. The van der Waals surface area contributed by atoms with Gasteiger partial charge < -0.3 is 26.0 Å². The fourth-order valence-corrected chi connectivity index (χ4v) is 3.93. The van der Waals surface area contributed by atoms with Crippen molar-refractivity contribution in [2.24, 2.45) is 0 Å². The van der Waals surface area contributed by atoms with E-state index in [0.29, 0.717) is 18.5 Å². The van der Waals surface area contributed by atoms with Gasteiger partial charge in [0.15, 0.2) is 0 Å². The Labute approximate surface area is 230 Å². The molecule has 39 heavy (non-hydrogen) atoms. The lowest BCUT2D eigenvalue weighted by molar-refractivity contribution is -0.121. The van der Waals surface area contributed by atoms with Crippen molar-refractivity contribution < 1.29 is 19.1 Å². The number of hydrogen-bond donors (Lipinski definition) is 4. The second-order valence-corrected chi connectivity index (χ2v) is 10.2. The van der Waals surface area contributed by atoms with Gasteiger partial charge in [0.25, 0.3) is 0 Å². The van der Waals surface area contributed by atoms with E-state index < -0.39 is 11.7 Å². The molecule has 0 bridgehead atoms. The summed E-state index contributed by atoms with van der Waals surface area (Å²) in [6.07, 6.45) is 0.759. The van der Waals surface area contributed by atoms with Crippen LogP contribution in [0.3, 0.4) is 0 Å². The summed E-state index contributed by atoms with van der Waals surface area (Å²) in [5, 5.41) is 11.3. The quantitative estimate of drug-likeness (QED) is 0.245. The van der Waals surface area contributed by atoms with Crippen LogP contribution in [0.25, 0.3) is 11.1 Å². The monoisotopic (exact) mass is 530 g/mol. The molecule has 1 atom stereocenters. The number of alkyl carbamates (subject to hydrolysis) is 1. The lowest BCUT2D eigenvalue weighted by Crippen LogP contribution is -2.41. The van der Waals surface area contributed by atoms with Gasteiger partial charge >= 0.3 is 12.1 Å². The minimum atomic E-state index is -0.577. The van der Waals surface area contributed by atoms with Crippen LogP contribution in [0.1, 0.15) is 39.2 Å². The number of rotatable bonds is 11. The van der Waals surface area contributed by atoms with Gasteiger partial charge in [-0.15, -0.1) is 0 Å². The molecule has 3 rings (SSSR count). The van der Waals surface area contributed by atoms with Crippen LogP contribution in [0.5, 0.6) is 0 Å². The zero-order chi connectivity index (χ0) is 28.1. The van der Waals surface area contributed by atoms with E-state index in [9.17, 15) is 14.4 Å². The fraction of sp³-hybridized carbons (Fsp3) is 0.323. The summed E-state index contributed by atoms with van der Waals surface area (Å²) in [4.78, 5) is 36.9. The highest BCUT2D eigenvalue weighted by molar-refractivity contribution is 5.90. The highest BCUT2D eigenvalue weighted by Crippen LogP contribution is 2.21. The Hall–Kier alpha value is -4.33. The summed E-state index contributed by atoms with van der Waals surface area (Å²) in [6.45, 7) is 5.91. The molecule has 0 saturated heterocycles. The van der Waals surface area contributed by atoms with Gasteiger partial charge in [-0.2, -0.15) is 0 Å². The smallest absolute Gasteiger partial charge is 0.407 e. The number of hydrogen-bond acceptors (Lipinski definition) is 4. The van der Waals surface area contributed by atoms with Gasteiger partial charge in [-0.3, -0.25) is 4.79 Å². The molecule has 0 spiro atoms. The molecule has 0 aliphatic rings. The van der Waals surface area contributed by atoms with Crippen molar-refractivity contribution in [1.82, 2.24) is 16.0 Å². The molecule has 4 N–H and O–H groups in total. The molecule has 8 heteroatoms. The third-order valence-corrected chi connectivity index (χ3v) is 5.75. The van der Waals surface area contributed by atoms with E-state index in [1.807, 2.05) is 84.9 Å². The SMILES string of the molecule is CC(C)(C)OC(=O)NCCNC(=O)CCC(Cc1ccccc1)NC(=O)Nc1ccc(-c2ccccc2)cc1. The van der Waals surface area contributed by atoms with Gasteiger partial charge in [0, 0.05) is 31.2 Å². The zero-order valence-electron chi connectivity index (χ0n) is 22.8. The van der Waals surface area contributed by atoms with Crippen molar-refractivity contribution in [2.45, 2.75) is 51.7 Å². The number of ether oxygens (including phenoxy) is 1. The zero-order valence-corrected chi connectivity index (χ0v) is 22.8. The molecule has 8 nitrogen and oxygen atoms in total. The summed E-state index contributed by atoms with van der Waals surface area (Å²) in [6, 6.07) is 27.0. The standard InChI is InChI=1S/C31H38N4O4/c1-31(2,3)39-30(38)33-21-20-32-28(36)19-18-27(22-23-10-6-4-7-11-23)35-29(37)34-26-16-14-25(15-17-26)24-12-8-5-9-13-24/h4-17,27H,18-22H2,1-3H3,(H,32,36)(H,33,38)(H2,34,35,37). The second-order valence-electron chi connectivity index (χ2n) is 10.2. The van der Waals surface area contributed by atoms with E-state index in [1.54, 1.807) is 20.8 Å². The Morgan fingerprint density at radius 3 is 2.00 bits per heavy atom. The normalized spacial score (nSPS) is 11.7. The third-order valence-electron chi connectivity index (χ3n) is 5.75. The molecule has 3 aromatic rings. The number of carbonyl (C=O) groups is 3. The molecule has 4 amide bonds. The molecule has 206 valence electrons. The molecule has 3 aromatic carbocycles. The van der Waals surface area contributed by atoms with Crippen molar-refractivity contribution in [2.75, 3.05) is 18.4 Å². The molecule has 0 saturated carbocycles. The largest absolute Gasteiger partial charge is 0.444 e. The van der Waals surface area contributed by atoms with Crippen LogP contribution in [0.2, 0.25) is 0 Å². The van der Waals surface area contributed by atoms with Gasteiger partial charge in [-0.05, 0) is 62.4 Å². The molecular formula is C31H38N4O4. The van der Waals surface area contributed by atoms with Crippen molar-refractivity contribution in [3.8, 4) is 11.1 Å². The first-order valence-corrected chi connectivity index (χ1v) is 13.2. The number of carbonyl (C=O) groups excluding carboxylic acids is 3. The second kappa shape index (κ2) is 14.6. The Kier molecular flexibility index (Phi) is 10.9. The first-order chi connectivity index (χ1) is 18.7. The topological polar surface area (TPSA) is 109 Å². The minimum Gasteiger partial charge on any atom is -0.444 e. The average Bonchev–Trinajstić information content (AvgIpc) is 2.90. The molecule has 0 aliphatic heterocycles. The van der Waals surface area contributed by atoms with Gasteiger partial charge in [-0.25, -0.2) is 9.59 Å². The van der Waals surface area contributed by atoms with Crippen LogP contribution in [0.15, 0.2) is 84.9 Å². The molecule has 1 unspecified atom stereocenters. The maximum atomic E-state index is 12.8. The Bertz CT molecular complexity index is 1190. The fourth-order valence-electron chi connectivity index (χ4n) is 3.93. The summed E-state index contributed by atoms with van der Waals surface area (Å²) in [5.41, 5.74) is 3.34. The summed E-state index contributed by atoms with van der Waals surface area (Å²) in [7, 11) is 0. The lowest BCUT2D eigenvalue weighted by Gasteiger charge is -2.20. The predicted octanol–water partition coefficient (Wildman–Crippen LogP) is 5.51. The number of anilines is 1. The van der Waals surface area contributed by atoms with E-state index in [-0.39, 0.29) is 37.5 Å². The van der Waals surface area contributed by atoms with Crippen molar-refractivity contribution in [3.63, 3.8) is 0 Å². The van der Waals surface area contributed by atoms with Crippen LogP contribution in [-0.4, -0.2) is 42.8 Å². The Morgan fingerprint density at radius 2 is 1.36 bits per heavy atom. The van der Waals surface area contributed by atoms with Crippen LogP contribution >= 0.6 is 0 Å². The summed E-state index contributed by atoms with van der Waals surface area (Å²) >= 11 is 0. The predicted molar refractivity (Wildman–Crippen MR) is 154 cm³/mol. The van der Waals surface area contributed by atoms with Crippen LogP contribution < -0.4 is 21.3 Å². The van der Waals surface area contributed by atoms with Gasteiger partial charge in [0.1, 0.15) is 5.60 Å². The maximum absolute atomic E-state index is 12.8. The molecule has 0 fully saturated rings. The van der Waals surface area contributed by atoms with E-state index in [2.05, 4.69) is 21.3 Å². The number of benzene rings is 3. The number of amides is 4. The van der Waals surface area contributed by atoms with Gasteiger partial charge in [-0.1, -0.05) is 72.8 Å². The first kappa shape index (κ1) is 29.2. The van der Waals surface area contributed by atoms with Crippen molar-refractivity contribution >= 4 is 23.7 Å². The van der Waals surface area contributed by atoms with Gasteiger partial charge in [0.05, 0.1) is 0 Å². The minimum absolute atomic E-state index is 0.155. The van der Waals surface area contributed by atoms with E-state index in [0.717, 1.165) is 16.7 Å². The van der Waals surface area contributed by atoms with E-state index in [4.69, 9.17) is 4.74 Å².